The Labute approximate surface area is 221 Å². The van der Waals surface area contributed by atoms with Crippen molar-refractivity contribution in [1.29, 1.82) is 0 Å². The first kappa shape index (κ1) is 27.5. The number of carbonyl (C=O) groups excluding carboxylic acids is 3. The summed E-state index contributed by atoms with van der Waals surface area (Å²) < 4.78 is 31.0. The second-order valence-electron chi connectivity index (χ2n) is 10.6. The highest BCUT2D eigenvalue weighted by Crippen LogP contribution is 2.29. The number of carbonyl (C=O) groups is 3. The Morgan fingerprint density at radius 2 is 1.89 bits per heavy atom. The Morgan fingerprint density at radius 3 is 2.53 bits per heavy atom. The average molecular weight is 535 g/mol. The van der Waals surface area contributed by atoms with Crippen LogP contribution >= 0.6 is 0 Å². The smallest absolute Gasteiger partial charge is 0.414 e. The predicted octanol–water partition coefficient (Wildman–Crippen LogP) is 3.01. The van der Waals surface area contributed by atoms with Gasteiger partial charge in [0.2, 0.25) is 0 Å². The number of halogens is 1. The summed E-state index contributed by atoms with van der Waals surface area (Å²) in [6, 6.07) is 4.29. The number of nitrogens with one attached hydrogen (secondary N) is 1. The molecule has 2 aliphatic heterocycles. The zero-order valence-electron chi connectivity index (χ0n) is 21.9. The Kier molecular flexibility index (Phi) is 8.29. The molecule has 3 atom stereocenters. The number of aliphatic hydroxyl groups excluding tert-OH is 1. The van der Waals surface area contributed by atoms with E-state index < -0.39 is 35.8 Å². The molecule has 3 aliphatic rings. The third-order valence-electron chi connectivity index (χ3n) is 6.43. The summed E-state index contributed by atoms with van der Waals surface area (Å²) in [5, 5.41) is 12.2. The molecule has 2 fully saturated rings. The van der Waals surface area contributed by atoms with Crippen LogP contribution in [0.5, 0.6) is 0 Å². The second-order valence-corrected chi connectivity index (χ2v) is 10.6. The van der Waals surface area contributed by atoms with E-state index in [1.54, 1.807) is 29.2 Å². The highest BCUT2D eigenvalue weighted by Gasteiger charge is 2.34. The quantitative estimate of drug-likeness (QED) is 0.437. The first-order chi connectivity index (χ1) is 18.0. The van der Waals surface area contributed by atoms with Crippen LogP contribution in [-0.4, -0.2) is 91.5 Å². The van der Waals surface area contributed by atoms with Gasteiger partial charge < -0.3 is 34.4 Å². The lowest BCUT2D eigenvalue weighted by Crippen LogP contribution is -2.50. The van der Waals surface area contributed by atoms with Gasteiger partial charge in [0, 0.05) is 26.2 Å². The van der Waals surface area contributed by atoms with Gasteiger partial charge >= 0.3 is 18.3 Å². The first-order valence-corrected chi connectivity index (χ1v) is 12.8. The van der Waals surface area contributed by atoms with Gasteiger partial charge in [-0.15, -0.1) is 0 Å². The van der Waals surface area contributed by atoms with Crippen LogP contribution in [0.4, 0.5) is 30.1 Å². The van der Waals surface area contributed by atoms with E-state index in [2.05, 4.69) is 5.32 Å². The summed E-state index contributed by atoms with van der Waals surface area (Å²) in [5.41, 5.74) is 0.134. The molecule has 0 unspecified atom stereocenters. The van der Waals surface area contributed by atoms with Gasteiger partial charge in [-0.3, -0.25) is 4.90 Å². The lowest BCUT2D eigenvalue weighted by molar-refractivity contribution is 0.0240. The van der Waals surface area contributed by atoms with Crippen molar-refractivity contribution in [2.45, 2.75) is 57.5 Å². The van der Waals surface area contributed by atoms with Crippen molar-refractivity contribution in [3.05, 3.63) is 36.2 Å². The van der Waals surface area contributed by atoms with Crippen LogP contribution < -0.4 is 15.1 Å². The molecule has 1 aromatic carbocycles. The molecule has 12 heteroatoms. The normalized spacial score (nSPS) is 23.8. The largest absolute Gasteiger partial charge is 0.446 e. The number of benzene rings is 1. The minimum atomic E-state index is -0.694. The molecule has 0 aromatic heterocycles. The number of nitrogens with zero attached hydrogens (tertiary/aromatic N) is 3. The fourth-order valence-corrected chi connectivity index (χ4v) is 4.48. The number of hydrogen-bond donors (Lipinski definition) is 2. The number of anilines is 2. The number of amides is 3. The van der Waals surface area contributed by atoms with E-state index in [0.717, 1.165) is 0 Å². The van der Waals surface area contributed by atoms with Crippen LogP contribution in [0.15, 0.2) is 30.4 Å². The van der Waals surface area contributed by atoms with Gasteiger partial charge in [0.15, 0.2) is 6.10 Å². The fourth-order valence-electron chi connectivity index (χ4n) is 4.48. The molecule has 0 radical (unpaired) electrons. The average Bonchev–Trinajstić information content (AvgIpc) is 3.23. The lowest BCUT2D eigenvalue weighted by atomic mass is 10.0. The molecule has 0 saturated carbocycles. The molecule has 4 rings (SSSR count). The standard InChI is InChI=1S/C26H35FN4O7/c1-26(2,3)38-24(34)30-12-10-29(11-13-30)22-9-6-18(14-21(22)27)31-15-20(37-25(31)35)16-36-23(33)28-17-4-7-19(32)8-5-17/h4,6-7,9,14,17,19-20,32H,5,8,10-13,15-16H2,1-3H3,(H,28,33)/t17-,19+,20+/m0/s1. The molecule has 0 bridgehead atoms. The molecular weight excluding hydrogens is 499 g/mol. The Hall–Kier alpha value is -3.54. The molecule has 1 aromatic rings. The van der Waals surface area contributed by atoms with Gasteiger partial charge in [-0.25, -0.2) is 18.8 Å². The van der Waals surface area contributed by atoms with E-state index in [0.29, 0.717) is 50.4 Å². The Balaban J connectivity index is 1.27. The van der Waals surface area contributed by atoms with Crippen LogP contribution in [0.3, 0.4) is 0 Å². The summed E-state index contributed by atoms with van der Waals surface area (Å²) in [6.07, 6.45) is 1.61. The number of hydrogen-bond acceptors (Lipinski definition) is 8. The monoisotopic (exact) mass is 534 g/mol. The summed E-state index contributed by atoms with van der Waals surface area (Å²) in [7, 11) is 0. The van der Waals surface area contributed by atoms with Gasteiger partial charge in [0.25, 0.3) is 0 Å². The molecule has 3 amide bonds. The van der Waals surface area contributed by atoms with Crippen LogP contribution in [0.25, 0.3) is 0 Å². The van der Waals surface area contributed by atoms with E-state index >= 15 is 4.39 Å². The van der Waals surface area contributed by atoms with Crippen LogP contribution in [0.2, 0.25) is 0 Å². The molecular formula is C26H35FN4O7. The number of aliphatic hydroxyl groups is 1. The number of rotatable bonds is 5. The van der Waals surface area contributed by atoms with Gasteiger partial charge in [-0.2, -0.15) is 0 Å². The topological polar surface area (TPSA) is 121 Å². The summed E-state index contributed by atoms with van der Waals surface area (Å²) in [4.78, 5) is 41.5. The van der Waals surface area contributed by atoms with Crippen molar-refractivity contribution in [3.8, 4) is 0 Å². The second kappa shape index (κ2) is 11.5. The van der Waals surface area contributed by atoms with Gasteiger partial charge in [0.05, 0.1) is 30.1 Å². The van der Waals surface area contributed by atoms with Crippen LogP contribution in [0.1, 0.15) is 33.6 Å². The van der Waals surface area contributed by atoms with Crippen molar-refractivity contribution in [1.82, 2.24) is 10.2 Å². The number of ether oxygens (including phenoxy) is 3. The third-order valence-corrected chi connectivity index (χ3v) is 6.43. The van der Waals surface area contributed by atoms with Gasteiger partial charge in [0.1, 0.15) is 18.0 Å². The molecule has 1 aliphatic carbocycles. The highest BCUT2D eigenvalue weighted by atomic mass is 19.1. The SMILES string of the molecule is CC(C)(C)OC(=O)N1CCN(c2ccc(N3C[C@H](COC(=O)N[C@H]4C=C[C@@H](O)CC4)OC3=O)cc2F)CC1. The summed E-state index contributed by atoms with van der Waals surface area (Å²) >= 11 is 0. The Morgan fingerprint density at radius 1 is 1.16 bits per heavy atom. The highest BCUT2D eigenvalue weighted by molar-refractivity contribution is 5.90. The van der Waals surface area contributed by atoms with E-state index in [1.807, 2.05) is 25.7 Å². The number of alkyl carbamates (subject to hydrolysis) is 1. The molecule has 2 saturated heterocycles. The third kappa shape index (κ3) is 7.06. The van der Waals surface area contributed by atoms with Crippen LogP contribution in [-0.2, 0) is 14.2 Å². The zero-order chi connectivity index (χ0) is 27.4. The van der Waals surface area contributed by atoms with Gasteiger partial charge in [-0.05, 0) is 51.8 Å². The van der Waals surface area contributed by atoms with Gasteiger partial charge in [-0.1, -0.05) is 12.2 Å². The van der Waals surface area contributed by atoms with Crippen molar-refractivity contribution in [2.24, 2.45) is 0 Å². The lowest BCUT2D eigenvalue weighted by Gasteiger charge is -2.37. The zero-order valence-corrected chi connectivity index (χ0v) is 21.9. The number of piperazine rings is 1. The van der Waals surface area contributed by atoms with Crippen molar-refractivity contribution in [3.63, 3.8) is 0 Å². The minimum absolute atomic E-state index is 0.106. The first-order valence-electron chi connectivity index (χ1n) is 12.8. The molecule has 0 spiro atoms. The van der Waals surface area contributed by atoms with E-state index in [1.165, 1.54) is 11.0 Å². The maximum atomic E-state index is 15.1. The fraction of sp³-hybridized carbons (Fsp3) is 0.577. The summed E-state index contributed by atoms with van der Waals surface area (Å²) in [6.45, 7) is 7.09. The van der Waals surface area contributed by atoms with Crippen LogP contribution in [0, 0.1) is 5.82 Å². The number of cyclic esters (lactones) is 1. The molecule has 2 N–H and O–H groups in total. The van der Waals surface area contributed by atoms with Crippen molar-refractivity contribution in [2.75, 3.05) is 49.1 Å². The minimum Gasteiger partial charge on any atom is -0.446 e. The molecule has 11 nitrogen and oxygen atoms in total. The molecule has 38 heavy (non-hydrogen) atoms. The Bertz CT molecular complexity index is 1070. The molecule has 2 heterocycles. The van der Waals surface area contributed by atoms with E-state index in [4.69, 9.17) is 14.2 Å². The van der Waals surface area contributed by atoms with Crippen molar-refractivity contribution >= 4 is 29.7 Å². The predicted molar refractivity (Wildman–Crippen MR) is 137 cm³/mol. The maximum Gasteiger partial charge on any atom is 0.414 e. The summed E-state index contributed by atoms with van der Waals surface area (Å²) in [5.74, 6) is -0.495. The maximum absolute atomic E-state index is 15.1. The van der Waals surface area contributed by atoms with Crippen molar-refractivity contribution < 1.29 is 38.1 Å². The van der Waals surface area contributed by atoms with E-state index in [9.17, 15) is 19.5 Å². The van der Waals surface area contributed by atoms with E-state index in [-0.39, 0.29) is 25.3 Å². The molecule has 208 valence electrons.